The molecule has 1 fully saturated rings. The maximum absolute atomic E-state index is 12.9. The summed E-state index contributed by atoms with van der Waals surface area (Å²) >= 11 is 0. The van der Waals surface area contributed by atoms with Gasteiger partial charge >= 0.3 is 5.97 Å². The first-order chi connectivity index (χ1) is 11.1. The summed E-state index contributed by atoms with van der Waals surface area (Å²) in [7, 11) is 0. The Hall–Kier alpha value is -2.13. The van der Waals surface area contributed by atoms with Crippen LogP contribution < -0.4 is 5.32 Å². The lowest BCUT2D eigenvalue weighted by atomic mass is 9.84. The highest BCUT2D eigenvalue weighted by molar-refractivity contribution is 5.93. The Morgan fingerprint density at radius 1 is 0.957 bits per heavy atom. The van der Waals surface area contributed by atoms with E-state index in [1.807, 2.05) is 50.2 Å². The van der Waals surface area contributed by atoms with Gasteiger partial charge in [-0.15, -0.1) is 0 Å². The van der Waals surface area contributed by atoms with Crippen LogP contribution in [0.15, 0.2) is 48.5 Å². The van der Waals surface area contributed by atoms with Crippen LogP contribution in [-0.2, 0) is 10.3 Å². The third-order valence-corrected chi connectivity index (χ3v) is 4.68. The number of carbonyl (C=O) groups excluding carboxylic acids is 1. The summed E-state index contributed by atoms with van der Waals surface area (Å²) in [6.45, 7) is 5.63. The highest BCUT2D eigenvalue weighted by Gasteiger charge is 2.38. The van der Waals surface area contributed by atoms with Gasteiger partial charge in [0.25, 0.3) is 0 Å². The topological polar surface area (TPSA) is 38.3 Å². The zero-order valence-electron chi connectivity index (χ0n) is 13.8. The lowest BCUT2D eigenvalue weighted by Crippen LogP contribution is -2.43. The molecule has 120 valence electrons. The number of hydrogen-bond donors (Lipinski definition) is 1. The molecule has 3 nitrogen and oxygen atoms in total. The zero-order chi connectivity index (χ0) is 16.3. The van der Waals surface area contributed by atoms with Crippen molar-refractivity contribution in [2.75, 3.05) is 13.1 Å². The van der Waals surface area contributed by atoms with Crippen molar-refractivity contribution in [3.8, 4) is 0 Å². The molecule has 1 aliphatic rings. The summed E-state index contributed by atoms with van der Waals surface area (Å²) in [5.74, 6) is -0.216. The number of piperidine rings is 1. The van der Waals surface area contributed by atoms with Crippen LogP contribution in [0.1, 0.15) is 39.9 Å². The summed E-state index contributed by atoms with van der Waals surface area (Å²) < 4.78 is 6.13. The van der Waals surface area contributed by atoms with Gasteiger partial charge in [0, 0.05) is 12.8 Å². The molecule has 3 rings (SSSR count). The smallest absolute Gasteiger partial charge is 0.339 e. The van der Waals surface area contributed by atoms with Gasteiger partial charge in [-0.05, 0) is 43.6 Å². The molecule has 1 N–H and O–H groups in total. The maximum Gasteiger partial charge on any atom is 0.339 e. The largest absolute Gasteiger partial charge is 0.450 e. The second kappa shape index (κ2) is 6.55. The predicted octanol–water partition coefficient (Wildman–Crippen LogP) is 3.74. The molecule has 0 atom stereocenters. The van der Waals surface area contributed by atoms with E-state index in [0.29, 0.717) is 5.56 Å². The first-order valence-electron chi connectivity index (χ1n) is 8.18. The molecule has 2 aromatic rings. The molecule has 0 aromatic heterocycles. The maximum atomic E-state index is 12.9. The summed E-state index contributed by atoms with van der Waals surface area (Å²) in [5.41, 5.74) is 3.18. The number of carbonyl (C=O) groups is 1. The molecule has 0 amide bonds. The van der Waals surface area contributed by atoms with E-state index < -0.39 is 5.60 Å². The van der Waals surface area contributed by atoms with Crippen LogP contribution in [0.5, 0.6) is 0 Å². The first kappa shape index (κ1) is 15.8. The molecule has 0 unspecified atom stereocenters. The van der Waals surface area contributed by atoms with Crippen molar-refractivity contribution >= 4 is 5.97 Å². The summed E-state index contributed by atoms with van der Waals surface area (Å²) in [6.07, 6.45) is 1.60. The lowest BCUT2D eigenvalue weighted by Gasteiger charge is -2.37. The van der Waals surface area contributed by atoms with Crippen LogP contribution in [0.4, 0.5) is 0 Å². The minimum atomic E-state index is -0.529. The molecule has 1 aliphatic heterocycles. The molecule has 1 saturated heterocycles. The highest BCUT2D eigenvalue weighted by Crippen LogP contribution is 2.36. The molecule has 0 bridgehead atoms. The molecule has 1 heterocycles. The Labute approximate surface area is 137 Å². The minimum absolute atomic E-state index is 0.216. The van der Waals surface area contributed by atoms with E-state index in [4.69, 9.17) is 4.74 Å². The van der Waals surface area contributed by atoms with E-state index in [2.05, 4.69) is 17.4 Å². The van der Waals surface area contributed by atoms with Gasteiger partial charge < -0.3 is 10.1 Å². The number of nitrogens with one attached hydrogen (secondary N) is 1. The molecule has 23 heavy (non-hydrogen) atoms. The van der Waals surface area contributed by atoms with Crippen LogP contribution in [-0.4, -0.2) is 19.1 Å². The Kier molecular flexibility index (Phi) is 4.49. The summed E-state index contributed by atoms with van der Waals surface area (Å²) in [5, 5.41) is 3.35. The van der Waals surface area contributed by atoms with Crippen LogP contribution >= 0.6 is 0 Å². The van der Waals surface area contributed by atoms with Crippen molar-refractivity contribution in [1.82, 2.24) is 5.32 Å². The van der Waals surface area contributed by atoms with Crippen LogP contribution in [0.3, 0.4) is 0 Å². The van der Waals surface area contributed by atoms with E-state index in [1.165, 1.54) is 0 Å². The second-order valence-electron chi connectivity index (χ2n) is 6.27. The molecule has 0 saturated carbocycles. The third-order valence-electron chi connectivity index (χ3n) is 4.68. The van der Waals surface area contributed by atoms with Gasteiger partial charge in [-0.2, -0.15) is 0 Å². The number of rotatable bonds is 3. The van der Waals surface area contributed by atoms with E-state index >= 15 is 0 Å². The van der Waals surface area contributed by atoms with Crippen molar-refractivity contribution < 1.29 is 9.53 Å². The SMILES string of the molecule is Cc1cccc(C)c1C(=O)OC1(c2ccccc2)CCNCC1. The van der Waals surface area contributed by atoms with Crippen molar-refractivity contribution in [2.24, 2.45) is 0 Å². The van der Waals surface area contributed by atoms with Gasteiger partial charge in [0.15, 0.2) is 0 Å². The monoisotopic (exact) mass is 309 g/mol. The standard InChI is InChI=1S/C20H23NO2/c1-15-7-6-8-16(2)18(15)19(22)23-20(11-13-21-14-12-20)17-9-4-3-5-10-17/h3-10,21H,11-14H2,1-2H3. The fourth-order valence-electron chi connectivity index (χ4n) is 3.39. The van der Waals surface area contributed by atoms with E-state index in [0.717, 1.165) is 42.6 Å². The average Bonchev–Trinajstić information content (AvgIpc) is 2.56. The molecule has 0 spiro atoms. The number of hydrogen-bond acceptors (Lipinski definition) is 3. The summed E-state index contributed by atoms with van der Waals surface area (Å²) in [6, 6.07) is 16.0. The fourth-order valence-corrected chi connectivity index (χ4v) is 3.39. The van der Waals surface area contributed by atoms with Gasteiger partial charge in [0.05, 0.1) is 5.56 Å². The van der Waals surface area contributed by atoms with Gasteiger partial charge in [0.1, 0.15) is 5.60 Å². The van der Waals surface area contributed by atoms with E-state index in [9.17, 15) is 4.79 Å². The predicted molar refractivity (Wildman–Crippen MR) is 91.6 cm³/mol. The Bertz CT molecular complexity index is 668. The number of aryl methyl sites for hydroxylation is 2. The normalized spacial score (nSPS) is 16.8. The molecular formula is C20H23NO2. The van der Waals surface area contributed by atoms with Gasteiger partial charge in [-0.25, -0.2) is 4.79 Å². The van der Waals surface area contributed by atoms with Crippen molar-refractivity contribution in [2.45, 2.75) is 32.3 Å². The van der Waals surface area contributed by atoms with Crippen molar-refractivity contribution in [1.29, 1.82) is 0 Å². The van der Waals surface area contributed by atoms with Crippen LogP contribution in [0, 0.1) is 13.8 Å². The number of ether oxygens (including phenoxy) is 1. The average molecular weight is 309 g/mol. The van der Waals surface area contributed by atoms with Crippen molar-refractivity contribution in [3.05, 3.63) is 70.8 Å². The highest BCUT2D eigenvalue weighted by atomic mass is 16.6. The third kappa shape index (κ3) is 3.15. The van der Waals surface area contributed by atoms with E-state index in [1.54, 1.807) is 0 Å². The quantitative estimate of drug-likeness (QED) is 0.878. The molecule has 0 radical (unpaired) electrons. The Morgan fingerprint density at radius 3 is 2.17 bits per heavy atom. The number of benzene rings is 2. The lowest BCUT2D eigenvalue weighted by molar-refractivity contribution is -0.0379. The molecular weight excluding hydrogens is 286 g/mol. The Balaban J connectivity index is 1.95. The fraction of sp³-hybridized carbons (Fsp3) is 0.350. The first-order valence-corrected chi connectivity index (χ1v) is 8.18. The molecule has 3 heteroatoms. The van der Waals surface area contributed by atoms with Gasteiger partial charge in [-0.1, -0.05) is 48.5 Å². The Morgan fingerprint density at radius 2 is 1.57 bits per heavy atom. The van der Waals surface area contributed by atoms with E-state index in [-0.39, 0.29) is 5.97 Å². The number of esters is 1. The van der Waals surface area contributed by atoms with Gasteiger partial charge in [0.2, 0.25) is 0 Å². The van der Waals surface area contributed by atoms with Crippen molar-refractivity contribution in [3.63, 3.8) is 0 Å². The summed E-state index contributed by atoms with van der Waals surface area (Å²) in [4.78, 5) is 12.9. The second-order valence-corrected chi connectivity index (χ2v) is 6.27. The van der Waals surface area contributed by atoms with Crippen LogP contribution in [0.2, 0.25) is 0 Å². The van der Waals surface area contributed by atoms with Gasteiger partial charge in [-0.3, -0.25) is 0 Å². The minimum Gasteiger partial charge on any atom is -0.450 e. The zero-order valence-corrected chi connectivity index (χ0v) is 13.8. The molecule has 0 aliphatic carbocycles. The van der Waals surface area contributed by atoms with Crippen LogP contribution in [0.25, 0.3) is 0 Å². The molecule has 2 aromatic carbocycles.